The number of fused-ring (bicyclic) bond motifs is 1. The number of allylic oxidation sites excluding steroid dienone is 1. The molecule has 0 atom stereocenters. The lowest BCUT2D eigenvalue weighted by Crippen LogP contribution is -1.98. The van der Waals surface area contributed by atoms with Crippen LogP contribution in [0.4, 0.5) is 0 Å². The minimum atomic E-state index is -0.0945. The molecule has 0 N–H and O–H groups in total. The van der Waals surface area contributed by atoms with Crippen LogP contribution in [0, 0.1) is 0 Å². The number of nitrogens with zero attached hydrogens (tertiary/aromatic N) is 1. The van der Waals surface area contributed by atoms with E-state index < -0.39 is 0 Å². The molecule has 0 spiro atoms. The van der Waals surface area contributed by atoms with E-state index in [-0.39, 0.29) is 5.78 Å². The van der Waals surface area contributed by atoms with Crippen LogP contribution in [-0.4, -0.2) is 10.8 Å². The van der Waals surface area contributed by atoms with Gasteiger partial charge in [0.1, 0.15) is 5.69 Å². The minimum absolute atomic E-state index is 0.0945. The molecule has 0 saturated carbocycles. The first-order valence-electron chi connectivity index (χ1n) is 8.53. The van der Waals surface area contributed by atoms with E-state index in [1.807, 2.05) is 66.7 Å². The van der Waals surface area contributed by atoms with Gasteiger partial charge in [0.05, 0.1) is 5.52 Å². The Morgan fingerprint density at radius 1 is 0.692 bits per heavy atom. The quantitative estimate of drug-likeness (QED) is 0.348. The van der Waals surface area contributed by atoms with Gasteiger partial charge in [0.15, 0.2) is 0 Å². The molecular formula is C24H17NO. The van der Waals surface area contributed by atoms with E-state index in [1.165, 1.54) is 5.56 Å². The summed E-state index contributed by atoms with van der Waals surface area (Å²) in [6.45, 7) is 0. The van der Waals surface area contributed by atoms with Gasteiger partial charge in [0, 0.05) is 5.39 Å². The van der Waals surface area contributed by atoms with Crippen molar-refractivity contribution < 1.29 is 4.79 Å². The summed E-state index contributed by atoms with van der Waals surface area (Å²) >= 11 is 0. The third-order valence-electron chi connectivity index (χ3n) is 4.30. The third-order valence-corrected chi connectivity index (χ3v) is 4.30. The van der Waals surface area contributed by atoms with Crippen molar-refractivity contribution in [3.05, 3.63) is 108 Å². The lowest BCUT2D eigenvalue weighted by atomic mass is 10.0. The maximum Gasteiger partial charge on any atom is 0.204 e. The number of ketones is 1. The van der Waals surface area contributed by atoms with Crippen LogP contribution in [0.1, 0.15) is 16.1 Å². The van der Waals surface area contributed by atoms with Gasteiger partial charge in [-0.1, -0.05) is 84.9 Å². The standard InChI is InChI=1S/C24H17NO/c26-24(23-16-15-21-8-4-5-9-22(21)25-23)17-12-18-10-13-20(14-11-18)19-6-2-1-3-7-19/h1-17H/b17-12+. The fraction of sp³-hybridized carbons (Fsp3) is 0. The van der Waals surface area contributed by atoms with Crippen molar-refractivity contribution in [3.8, 4) is 11.1 Å². The number of para-hydroxylation sites is 1. The van der Waals surface area contributed by atoms with E-state index in [9.17, 15) is 4.79 Å². The number of carbonyl (C=O) groups excluding carboxylic acids is 1. The molecular weight excluding hydrogens is 318 g/mol. The molecule has 0 aliphatic rings. The van der Waals surface area contributed by atoms with Crippen LogP contribution in [0.2, 0.25) is 0 Å². The SMILES string of the molecule is O=C(/C=C/c1ccc(-c2ccccc2)cc1)c1ccc2ccccc2n1. The van der Waals surface area contributed by atoms with Crippen molar-refractivity contribution in [2.45, 2.75) is 0 Å². The van der Waals surface area contributed by atoms with E-state index >= 15 is 0 Å². The fourth-order valence-corrected chi connectivity index (χ4v) is 2.88. The zero-order chi connectivity index (χ0) is 17.8. The molecule has 0 aliphatic carbocycles. The predicted octanol–water partition coefficient (Wildman–Crippen LogP) is 5.80. The zero-order valence-corrected chi connectivity index (χ0v) is 14.2. The number of aromatic nitrogens is 1. The Morgan fingerprint density at radius 2 is 1.38 bits per heavy atom. The largest absolute Gasteiger partial charge is 0.288 e. The van der Waals surface area contributed by atoms with Gasteiger partial charge in [0.25, 0.3) is 0 Å². The summed E-state index contributed by atoms with van der Waals surface area (Å²) in [5.74, 6) is -0.0945. The summed E-state index contributed by atoms with van der Waals surface area (Å²) in [6.07, 6.45) is 3.41. The molecule has 0 amide bonds. The molecule has 124 valence electrons. The van der Waals surface area contributed by atoms with E-state index in [0.29, 0.717) is 5.69 Å². The van der Waals surface area contributed by atoms with Crippen LogP contribution < -0.4 is 0 Å². The Morgan fingerprint density at radius 3 is 2.19 bits per heavy atom. The number of rotatable bonds is 4. The van der Waals surface area contributed by atoms with Gasteiger partial charge in [-0.15, -0.1) is 0 Å². The minimum Gasteiger partial charge on any atom is -0.288 e. The van der Waals surface area contributed by atoms with Crippen LogP contribution in [-0.2, 0) is 0 Å². The van der Waals surface area contributed by atoms with Gasteiger partial charge in [-0.25, -0.2) is 4.98 Å². The van der Waals surface area contributed by atoms with E-state index in [1.54, 1.807) is 12.1 Å². The molecule has 0 bridgehead atoms. The molecule has 0 aliphatic heterocycles. The Hall–Kier alpha value is -3.52. The molecule has 4 rings (SSSR count). The maximum atomic E-state index is 12.4. The molecule has 0 saturated heterocycles. The number of pyridine rings is 1. The normalized spacial score (nSPS) is 11.1. The first kappa shape index (κ1) is 16.0. The molecule has 2 nitrogen and oxygen atoms in total. The molecule has 1 heterocycles. The van der Waals surface area contributed by atoms with Crippen molar-refractivity contribution in [1.29, 1.82) is 0 Å². The Bertz CT molecular complexity index is 1080. The molecule has 3 aromatic carbocycles. The second-order valence-electron chi connectivity index (χ2n) is 6.07. The second kappa shape index (κ2) is 7.16. The van der Waals surface area contributed by atoms with Crippen LogP contribution in [0.3, 0.4) is 0 Å². The van der Waals surface area contributed by atoms with Crippen molar-refractivity contribution in [2.24, 2.45) is 0 Å². The van der Waals surface area contributed by atoms with Gasteiger partial charge < -0.3 is 0 Å². The highest BCUT2D eigenvalue weighted by molar-refractivity contribution is 6.06. The monoisotopic (exact) mass is 335 g/mol. The highest BCUT2D eigenvalue weighted by atomic mass is 16.1. The van der Waals surface area contributed by atoms with Gasteiger partial charge in [-0.2, -0.15) is 0 Å². The molecule has 0 fully saturated rings. The van der Waals surface area contributed by atoms with Crippen LogP contribution in [0.5, 0.6) is 0 Å². The van der Waals surface area contributed by atoms with Crippen LogP contribution >= 0.6 is 0 Å². The van der Waals surface area contributed by atoms with Crippen LogP contribution in [0.25, 0.3) is 28.1 Å². The topological polar surface area (TPSA) is 30.0 Å². The lowest BCUT2D eigenvalue weighted by Gasteiger charge is -2.02. The first-order chi connectivity index (χ1) is 12.8. The fourth-order valence-electron chi connectivity index (χ4n) is 2.88. The second-order valence-corrected chi connectivity index (χ2v) is 6.07. The first-order valence-corrected chi connectivity index (χ1v) is 8.53. The highest BCUT2D eigenvalue weighted by Crippen LogP contribution is 2.20. The van der Waals surface area contributed by atoms with E-state index in [4.69, 9.17) is 0 Å². The number of benzene rings is 3. The molecule has 0 radical (unpaired) electrons. The van der Waals surface area contributed by atoms with E-state index in [0.717, 1.165) is 22.0 Å². The van der Waals surface area contributed by atoms with Crippen molar-refractivity contribution in [2.75, 3.05) is 0 Å². The van der Waals surface area contributed by atoms with Crippen LogP contribution in [0.15, 0.2) is 97.1 Å². The highest BCUT2D eigenvalue weighted by Gasteiger charge is 2.04. The number of hydrogen-bond donors (Lipinski definition) is 0. The summed E-state index contributed by atoms with van der Waals surface area (Å²) in [6, 6.07) is 29.9. The van der Waals surface area contributed by atoms with Crippen molar-refractivity contribution in [3.63, 3.8) is 0 Å². The van der Waals surface area contributed by atoms with Gasteiger partial charge in [-0.05, 0) is 34.9 Å². The molecule has 4 aromatic rings. The average molecular weight is 335 g/mol. The third kappa shape index (κ3) is 3.45. The summed E-state index contributed by atoms with van der Waals surface area (Å²) < 4.78 is 0. The number of carbonyl (C=O) groups is 1. The maximum absolute atomic E-state index is 12.4. The van der Waals surface area contributed by atoms with Gasteiger partial charge >= 0.3 is 0 Å². The predicted molar refractivity (Wildman–Crippen MR) is 107 cm³/mol. The molecule has 2 heteroatoms. The summed E-state index contributed by atoms with van der Waals surface area (Å²) in [5, 5.41) is 1.03. The summed E-state index contributed by atoms with van der Waals surface area (Å²) in [5.41, 5.74) is 4.61. The van der Waals surface area contributed by atoms with E-state index in [2.05, 4.69) is 29.2 Å². The molecule has 1 aromatic heterocycles. The molecule has 0 unspecified atom stereocenters. The Kier molecular flexibility index (Phi) is 4.40. The smallest absolute Gasteiger partial charge is 0.204 e. The zero-order valence-electron chi connectivity index (χ0n) is 14.2. The summed E-state index contributed by atoms with van der Waals surface area (Å²) in [4.78, 5) is 16.8. The van der Waals surface area contributed by atoms with Gasteiger partial charge in [-0.3, -0.25) is 4.79 Å². The molecule has 26 heavy (non-hydrogen) atoms. The lowest BCUT2D eigenvalue weighted by molar-refractivity contribution is 0.104. The average Bonchev–Trinajstić information content (AvgIpc) is 2.72. The number of hydrogen-bond acceptors (Lipinski definition) is 2. The Balaban J connectivity index is 1.52. The van der Waals surface area contributed by atoms with Gasteiger partial charge in [0.2, 0.25) is 5.78 Å². The van der Waals surface area contributed by atoms with Crippen molar-refractivity contribution in [1.82, 2.24) is 4.98 Å². The Labute approximate surface area is 152 Å². The van der Waals surface area contributed by atoms with Crippen molar-refractivity contribution >= 4 is 22.8 Å². The summed E-state index contributed by atoms with van der Waals surface area (Å²) in [7, 11) is 0.